The molecule has 0 aliphatic carbocycles. The molecule has 1 N–H and O–H groups in total. The van der Waals surface area contributed by atoms with Gasteiger partial charge in [-0.25, -0.2) is 8.78 Å². The Balaban J connectivity index is 1.72. The van der Waals surface area contributed by atoms with Gasteiger partial charge in [0, 0.05) is 23.5 Å². The maximum absolute atomic E-state index is 13.4. The van der Waals surface area contributed by atoms with Crippen LogP contribution in [0.5, 0.6) is 0 Å². The second kappa shape index (κ2) is 7.75. The Bertz CT molecular complexity index is 1130. The standard InChI is InChI=1S/C22H15F2N3O3/c23-15-3-7-17(8-4-15)25-20-13-21(14-1-9-19(10-2-14)27(29)30)26(22(20)28)18-11-5-16(24)6-12-18/h1-13,21,25H/t21-/m1/s1. The minimum absolute atomic E-state index is 0.0648. The second-order valence-corrected chi connectivity index (χ2v) is 6.66. The molecule has 8 heteroatoms. The second-order valence-electron chi connectivity index (χ2n) is 6.66. The molecule has 3 aromatic rings. The van der Waals surface area contributed by atoms with Crippen LogP contribution in [0.4, 0.5) is 25.8 Å². The minimum Gasteiger partial charge on any atom is -0.351 e. The van der Waals surface area contributed by atoms with Crippen molar-refractivity contribution in [3.63, 3.8) is 0 Å². The predicted molar refractivity (Wildman–Crippen MR) is 108 cm³/mol. The lowest BCUT2D eigenvalue weighted by atomic mass is 10.1. The van der Waals surface area contributed by atoms with Gasteiger partial charge < -0.3 is 5.32 Å². The summed E-state index contributed by atoms with van der Waals surface area (Å²) in [5, 5.41) is 13.9. The van der Waals surface area contributed by atoms with Gasteiger partial charge in [-0.05, 0) is 72.3 Å². The topological polar surface area (TPSA) is 75.5 Å². The molecule has 1 atom stereocenters. The van der Waals surface area contributed by atoms with E-state index in [-0.39, 0.29) is 17.3 Å². The van der Waals surface area contributed by atoms with Crippen LogP contribution in [-0.4, -0.2) is 10.8 Å². The summed E-state index contributed by atoms with van der Waals surface area (Å²) in [5.74, 6) is -1.20. The Morgan fingerprint density at radius 2 is 1.43 bits per heavy atom. The van der Waals surface area contributed by atoms with Gasteiger partial charge in [0.2, 0.25) is 0 Å². The van der Waals surface area contributed by atoms with E-state index in [4.69, 9.17) is 0 Å². The van der Waals surface area contributed by atoms with Crippen LogP contribution < -0.4 is 10.2 Å². The zero-order chi connectivity index (χ0) is 21.3. The summed E-state index contributed by atoms with van der Waals surface area (Å²) in [6.45, 7) is 0. The maximum Gasteiger partial charge on any atom is 0.275 e. The molecule has 1 aliphatic rings. The van der Waals surface area contributed by atoms with E-state index in [0.29, 0.717) is 16.9 Å². The quantitative estimate of drug-likeness (QED) is 0.479. The average Bonchev–Trinajstić information content (AvgIpc) is 3.06. The fourth-order valence-electron chi connectivity index (χ4n) is 3.26. The van der Waals surface area contributed by atoms with Crippen LogP contribution in [0, 0.1) is 21.7 Å². The van der Waals surface area contributed by atoms with Crippen molar-refractivity contribution in [2.45, 2.75) is 6.04 Å². The molecule has 1 aliphatic heterocycles. The smallest absolute Gasteiger partial charge is 0.275 e. The van der Waals surface area contributed by atoms with Gasteiger partial charge in [-0.3, -0.25) is 19.8 Å². The van der Waals surface area contributed by atoms with Gasteiger partial charge >= 0.3 is 0 Å². The van der Waals surface area contributed by atoms with E-state index >= 15 is 0 Å². The number of non-ortho nitro benzene ring substituents is 1. The van der Waals surface area contributed by atoms with Gasteiger partial charge in [-0.1, -0.05) is 0 Å². The van der Waals surface area contributed by atoms with Crippen LogP contribution in [0.25, 0.3) is 0 Å². The molecule has 30 heavy (non-hydrogen) atoms. The van der Waals surface area contributed by atoms with Crippen LogP contribution in [0.1, 0.15) is 11.6 Å². The van der Waals surface area contributed by atoms with E-state index in [9.17, 15) is 23.7 Å². The third-order valence-electron chi connectivity index (χ3n) is 4.73. The van der Waals surface area contributed by atoms with Crippen molar-refractivity contribution in [1.82, 2.24) is 0 Å². The Hall–Kier alpha value is -4.07. The normalized spacial score (nSPS) is 15.8. The Morgan fingerprint density at radius 3 is 2.00 bits per heavy atom. The zero-order valence-electron chi connectivity index (χ0n) is 15.5. The van der Waals surface area contributed by atoms with Gasteiger partial charge in [-0.2, -0.15) is 0 Å². The number of halogens is 2. The predicted octanol–water partition coefficient (Wildman–Crippen LogP) is 4.96. The Labute approximate surface area is 170 Å². The number of amides is 1. The third-order valence-corrected chi connectivity index (χ3v) is 4.73. The highest BCUT2D eigenvalue weighted by Crippen LogP contribution is 2.36. The van der Waals surface area contributed by atoms with E-state index < -0.39 is 22.6 Å². The highest BCUT2D eigenvalue weighted by Gasteiger charge is 2.35. The molecule has 0 saturated carbocycles. The van der Waals surface area contributed by atoms with E-state index in [1.165, 1.54) is 65.6 Å². The number of nitro benzene ring substituents is 1. The maximum atomic E-state index is 13.4. The van der Waals surface area contributed by atoms with Crippen molar-refractivity contribution in [2.75, 3.05) is 10.2 Å². The van der Waals surface area contributed by atoms with E-state index in [1.807, 2.05) is 0 Å². The summed E-state index contributed by atoms with van der Waals surface area (Å²) in [6, 6.07) is 16.3. The summed E-state index contributed by atoms with van der Waals surface area (Å²) in [6.07, 6.45) is 1.68. The molecule has 0 aromatic heterocycles. The van der Waals surface area contributed by atoms with Crippen LogP contribution in [0.3, 0.4) is 0 Å². The van der Waals surface area contributed by atoms with Gasteiger partial charge in [-0.15, -0.1) is 0 Å². The van der Waals surface area contributed by atoms with Crippen molar-refractivity contribution in [2.24, 2.45) is 0 Å². The molecular formula is C22H15F2N3O3. The lowest BCUT2D eigenvalue weighted by Gasteiger charge is -2.25. The molecule has 0 radical (unpaired) electrons. The highest BCUT2D eigenvalue weighted by molar-refractivity contribution is 6.11. The number of nitro groups is 1. The fraction of sp³-hybridized carbons (Fsp3) is 0.0455. The van der Waals surface area contributed by atoms with Crippen molar-refractivity contribution in [3.05, 3.63) is 112 Å². The number of anilines is 2. The van der Waals surface area contributed by atoms with Crippen LogP contribution in [0.15, 0.2) is 84.6 Å². The van der Waals surface area contributed by atoms with Crippen molar-refractivity contribution in [3.8, 4) is 0 Å². The number of carbonyl (C=O) groups is 1. The van der Waals surface area contributed by atoms with Gasteiger partial charge in [0.1, 0.15) is 17.3 Å². The summed E-state index contributed by atoms with van der Waals surface area (Å²) in [7, 11) is 0. The summed E-state index contributed by atoms with van der Waals surface area (Å²) >= 11 is 0. The van der Waals surface area contributed by atoms with Gasteiger partial charge in [0.25, 0.3) is 11.6 Å². The number of rotatable bonds is 5. The van der Waals surface area contributed by atoms with Gasteiger partial charge in [0.05, 0.1) is 11.0 Å². The first-order valence-corrected chi connectivity index (χ1v) is 9.00. The Kier molecular flexibility index (Phi) is 4.97. The summed E-state index contributed by atoms with van der Waals surface area (Å²) in [4.78, 5) is 25.0. The number of hydrogen-bond donors (Lipinski definition) is 1. The lowest BCUT2D eigenvalue weighted by molar-refractivity contribution is -0.384. The molecule has 150 valence electrons. The van der Waals surface area contributed by atoms with Crippen molar-refractivity contribution >= 4 is 23.0 Å². The molecule has 1 amide bonds. The van der Waals surface area contributed by atoms with E-state index in [0.717, 1.165) is 0 Å². The molecule has 0 unspecified atom stereocenters. The summed E-state index contributed by atoms with van der Waals surface area (Å²) < 4.78 is 26.6. The first kappa shape index (κ1) is 19.3. The number of carbonyl (C=O) groups excluding carboxylic acids is 1. The number of hydrogen-bond acceptors (Lipinski definition) is 4. The molecule has 3 aromatic carbocycles. The highest BCUT2D eigenvalue weighted by atomic mass is 19.1. The largest absolute Gasteiger partial charge is 0.351 e. The van der Waals surface area contributed by atoms with E-state index in [2.05, 4.69) is 5.32 Å². The van der Waals surface area contributed by atoms with Crippen LogP contribution in [0.2, 0.25) is 0 Å². The number of nitrogens with one attached hydrogen (secondary N) is 1. The first-order chi connectivity index (χ1) is 14.4. The average molecular weight is 407 g/mol. The summed E-state index contributed by atoms with van der Waals surface area (Å²) in [5.41, 5.74) is 1.84. The third kappa shape index (κ3) is 3.75. The minimum atomic E-state index is -0.563. The number of nitrogens with zero attached hydrogens (tertiary/aromatic N) is 2. The molecular weight excluding hydrogens is 392 g/mol. The SMILES string of the molecule is O=C1C(Nc2ccc(F)cc2)=C[C@H](c2ccc([N+](=O)[O-])cc2)N1c1ccc(F)cc1. The molecule has 0 fully saturated rings. The molecule has 4 rings (SSSR count). The monoisotopic (exact) mass is 407 g/mol. The zero-order valence-corrected chi connectivity index (χ0v) is 15.5. The van der Waals surface area contributed by atoms with E-state index in [1.54, 1.807) is 18.2 Å². The molecule has 0 spiro atoms. The fourth-order valence-corrected chi connectivity index (χ4v) is 3.26. The number of benzene rings is 3. The molecule has 0 saturated heterocycles. The van der Waals surface area contributed by atoms with Crippen LogP contribution in [-0.2, 0) is 4.79 Å². The Morgan fingerprint density at radius 1 is 0.867 bits per heavy atom. The molecule has 6 nitrogen and oxygen atoms in total. The van der Waals surface area contributed by atoms with Gasteiger partial charge in [0.15, 0.2) is 0 Å². The first-order valence-electron chi connectivity index (χ1n) is 9.00. The van der Waals surface area contributed by atoms with Crippen molar-refractivity contribution in [1.29, 1.82) is 0 Å². The molecule has 1 heterocycles. The lowest BCUT2D eigenvalue weighted by Crippen LogP contribution is -2.30. The molecule has 0 bridgehead atoms. The van der Waals surface area contributed by atoms with Crippen molar-refractivity contribution < 1.29 is 18.5 Å². The van der Waals surface area contributed by atoms with Crippen LogP contribution >= 0.6 is 0 Å².